The first kappa shape index (κ1) is 11.6. The Kier molecular flexibility index (Phi) is 3.60. The van der Waals surface area contributed by atoms with Crippen LogP contribution in [0, 0.1) is 5.92 Å². The zero-order chi connectivity index (χ0) is 11.5. The maximum atomic E-state index is 11.0. The lowest BCUT2D eigenvalue weighted by Crippen LogP contribution is -2.32. The van der Waals surface area contributed by atoms with E-state index in [1.165, 1.54) is 0 Å². The summed E-state index contributed by atoms with van der Waals surface area (Å²) in [5, 5.41) is 3.66. The maximum absolute atomic E-state index is 11.0. The average Bonchev–Trinajstić information content (AvgIpc) is 2.65. The zero-order valence-electron chi connectivity index (χ0n) is 8.65. The lowest BCUT2D eigenvalue weighted by molar-refractivity contribution is -0.122. The first-order valence-electron chi connectivity index (χ1n) is 5.20. The SMILES string of the molecule is NC(=O)C1CCC(Nc2nsnc2Cl)CC1. The van der Waals surface area contributed by atoms with E-state index in [9.17, 15) is 4.79 Å². The highest BCUT2D eigenvalue weighted by molar-refractivity contribution is 6.99. The van der Waals surface area contributed by atoms with Crippen LogP contribution in [0.5, 0.6) is 0 Å². The molecule has 5 nitrogen and oxygen atoms in total. The Morgan fingerprint density at radius 2 is 2.06 bits per heavy atom. The van der Waals surface area contributed by atoms with Gasteiger partial charge >= 0.3 is 0 Å². The molecule has 0 radical (unpaired) electrons. The number of rotatable bonds is 3. The summed E-state index contributed by atoms with van der Waals surface area (Å²) in [5.74, 6) is 0.489. The second-order valence-corrected chi connectivity index (χ2v) is 4.89. The number of primary amides is 1. The minimum absolute atomic E-state index is 0.0297. The van der Waals surface area contributed by atoms with Crippen LogP contribution in [0.25, 0.3) is 0 Å². The van der Waals surface area contributed by atoms with Gasteiger partial charge in [0.1, 0.15) is 0 Å². The fourth-order valence-electron chi connectivity index (χ4n) is 1.98. The van der Waals surface area contributed by atoms with Crippen molar-refractivity contribution in [2.24, 2.45) is 11.7 Å². The summed E-state index contributed by atoms with van der Waals surface area (Å²) in [7, 11) is 0. The number of hydrogen-bond donors (Lipinski definition) is 2. The van der Waals surface area contributed by atoms with Crippen molar-refractivity contribution in [1.29, 1.82) is 0 Å². The van der Waals surface area contributed by atoms with Gasteiger partial charge in [-0.05, 0) is 25.7 Å². The summed E-state index contributed by atoms with van der Waals surface area (Å²) in [6.45, 7) is 0. The first-order chi connectivity index (χ1) is 7.66. The van der Waals surface area contributed by atoms with E-state index in [0.717, 1.165) is 37.4 Å². The number of aromatic nitrogens is 2. The van der Waals surface area contributed by atoms with Crippen LogP contribution in [0.15, 0.2) is 0 Å². The van der Waals surface area contributed by atoms with Gasteiger partial charge in [-0.3, -0.25) is 4.79 Å². The number of amides is 1. The fraction of sp³-hybridized carbons (Fsp3) is 0.667. The van der Waals surface area contributed by atoms with E-state index >= 15 is 0 Å². The number of anilines is 1. The molecule has 1 amide bonds. The Hall–Kier alpha value is -0.880. The Balaban J connectivity index is 1.86. The van der Waals surface area contributed by atoms with Crippen molar-refractivity contribution in [3.8, 4) is 0 Å². The van der Waals surface area contributed by atoms with Gasteiger partial charge in [0.25, 0.3) is 0 Å². The van der Waals surface area contributed by atoms with Crippen molar-refractivity contribution in [3.05, 3.63) is 5.15 Å². The van der Waals surface area contributed by atoms with E-state index < -0.39 is 0 Å². The Morgan fingerprint density at radius 1 is 1.38 bits per heavy atom. The van der Waals surface area contributed by atoms with Gasteiger partial charge in [0.15, 0.2) is 11.0 Å². The number of nitrogens with two attached hydrogens (primary N) is 1. The van der Waals surface area contributed by atoms with Gasteiger partial charge in [-0.2, -0.15) is 8.75 Å². The second-order valence-electron chi connectivity index (χ2n) is 4.00. The van der Waals surface area contributed by atoms with Crippen molar-refractivity contribution in [3.63, 3.8) is 0 Å². The molecule has 0 aliphatic heterocycles. The highest BCUT2D eigenvalue weighted by Crippen LogP contribution is 2.27. The van der Waals surface area contributed by atoms with Crippen molar-refractivity contribution >= 4 is 35.1 Å². The van der Waals surface area contributed by atoms with Crippen LogP contribution in [0.4, 0.5) is 5.82 Å². The van der Waals surface area contributed by atoms with E-state index in [1.807, 2.05) is 0 Å². The molecule has 1 aliphatic carbocycles. The molecule has 1 aliphatic rings. The number of carbonyl (C=O) groups is 1. The van der Waals surface area contributed by atoms with E-state index in [-0.39, 0.29) is 11.8 Å². The highest BCUT2D eigenvalue weighted by Gasteiger charge is 2.25. The monoisotopic (exact) mass is 260 g/mol. The Morgan fingerprint density at radius 3 is 2.56 bits per heavy atom. The zero-order valence-corrected chi connectivity index (χ0v) is 10.2. The fourth-order valence-corrected chi connectivity index (χ4v) is 2.64. The molecule has 0 atom stereocenters. The number of nitrogens with one attached hydrogen (secondary N) is 1. The summed E-state index contributed by atoms with van der Waals surface area (Å²) in [5.41, 5.74) is 5.27. The van der Waals surface area contributed by atoms with Crippen LogP contribution >= 0.6 is 23.3 Å². The first-order valence-corrected chi connectivity index (χ1v) is 6.31. The maximum Gasteiger partial charge on any atom is 0.220 e. The third kappa shape index (κ3) is 2.62. The quantitative estimate of drug-likeness (QED) is 0.866. The van der Waals surface area contributed by atoms with Gasteiger partial charge in [-0.25, -0.2) is 0 Å². The average molecular weight is 261 g/mol. The number of halogens is 1. The normalized spacial score (nSPS) is 25.3. The van der Waals surface area contributed by atoms with Crippen molar-refractivity contribution in [2.75, 3.05) is 5.32 Å². The van der Waals surface area contributed by atoms with E-state index in [1.54, 1.807) is 0 Å². The third-order valence-corrected chi connectivity index (χ3v) is 3.81. The van der Waals surface area contributed by atoms with Crippen molar-refractivity contribution in [2.45, 2.75) is 31.7 Å². The molecule has 2 rings (SSSR count). The highest BCUT2D eigenvalue weighted by atomic mass is 35.5. The molecule has 0 aromatic carbocycles. The minimum atomic E-state index is -0.188. The van der Waals surface area contributed by atoms with Crippen LogP contribution in [-0.4, -0.2) is 20.7 Å². The molecular formula is C9H13ClN4OS. The topological polar surface area (TPSA) is 80.9 Å². The van der Waals surface area contributed by atoms with E-state index in [4.69, 9.17) is 17.3 Å². The summed E-state index contributed by atoms with van der Waals surface area (Å²) in [6, 6.07) is 0.317. The number of carbonyl (C=O) groups excluding carboxylic acids is 1. The standard InChI is InChI=1S/C9H13ClN4OS/c10-7-9(14-16-13-7)12-6-3-1-5(2-4-6)8(11)15/h5-6H,1-4H2,(H2,11,15)(H,12,14). The van der Waals surface area contributed by atoms with Gasteiger partial charge in [0, 0.05) is 12.0 Å². The molecular weight excluding hydrogens is 248 g/mol. The van der Waals surface area contributed by atoms with Crippen LogP contribution in [0.1, 0.15) is 25.7 Å². The van der Waals surface area contributed by atoms with Crippen LogP contribution in [0.3, 0.4) is 0 Å². The molecule has 16 heavy (non-hydrogen) atoms. The van der Waals surface area contributed by atoms with Crippen LogP contribution in [-0.2, 0) is 4.79 Å². The second kappa shape index (κ2) is 4.97. The van der Waals surface area contributed by atoms with Gasteiger partial charge in [0.05, 0.1) is 11.7 Å². The molecule has 0 bridgehead atoms. The van der Waals surface area contributed by atoms with E-state index in [0.29, 0.717) is 17.0 Å². The van der Waals surface area contributed by atoms with Gasteiger partial charge in [-0.15, -0.1) is 0 Å². The molecule has 1 saturated carbocycles. The van der Waals surface area contributed by atoms with Crippen LogP contribution < -0.4 is 11.1 Å². The minimum Gasteiger partial charge on any atom is -0.369 e. The molecule has 7 heteroatoms. The van der Waals surface area contributed by atoms with Crippen molar-refractivity contribution in [1.82, 2.24) is 8.75 Å². The lowest BCUT2D eigenvalue weighted by Gasteiger charge is -2.27. The molecule has 88 valence electrons. The Labute approximate surface area is 103 Å². The van der Waals surface area contributed by atoms with Gasteiger partial charge in [0.2, 0.25) is 5.91 Å². The molecule has 0 unspecified atom stereocenters. The largest absolute Gasteiger partial charge is 0.369 e. The molecule has 1 fully saturated rings. The number of hydrogen-bond acceptors (Lipinski definition) is 5. The Bertz CT molecular complexity index is 375. The molecule has 1 aromatic rings. The van der Waals surface area contributed by atoms with Gasteiger partial charge in [-0.1, -0.05) is 11.6 Å². The molecule has 0 saturated heterocycles. The predicted molar refractivity (Wildman–Crippen MR) is 63.5 cm³/mol. The van der Waals surface area contributed by atoms with Crippen molar-refractivity contribution < 1.29 is 4.79 Å². The third-order valence-electron chi connectivity index (χ3n) is 2.92. The van der Waals surface area contributed by atoms with E-state index in [2.05, 4.69) is 14.1 Å². The molecule has 0 spiro atoms. The summed E-state index contributed by atoms with van der Waals surface area (Å²) < 4.78 is 7.94. The van der Waals surface area contributed by atoms with Gasteiger partial charge < -0.3 is 11.1 Å². The van der Waals surface area contributed by atoms with Crippen LogP contribution in [0.2, 0.25) is 5.15 Å². The molecule has 1 heterocycles. The summed E-state index contributed by atoms with van der Waals surface area (Å²) >= 11 is 6.93. The molecule has 3 N–H and O–H groups in total. The predicted octanol–water partition coefficient (Wildman–Crippen LogP) is 1.65. The number of nitrogens with zero attached hydrogens (tertiary/aromatic N) is 2. The smallest absolute Gasteiger partial charge is 0.220 e. The molecule has 1 aromatic heterocycles. The summed E-state index contributed by atoms with van der Waals surface area (Å²) in [4.78, 5) is 11.0. The summed E-state index contributed by atoms with van der Waals surface area (Å²) in [6.07, 6.45) is 3.51. The lowest BCUT2D eigenvalue weighted by atomic mass is 9.85.